The topological polar surface area (TPSA) is 69.3 Å². The van der Waals surface area contributed by atoms with Crippen LogP contribution >= 0.6 is 0 Å². The summed E-state index contributed by atoms with van der Waals surface area (Å²) in [5.74, 6) is 0. The van der Waals surface area contributed by atoms with E-state index in [0.29, 0.717) is 12.2 Å². The molecule has 0 radical (unpaired) electrons. The van der Waals surface area contributed by atoms with Crippen LogP contribution in [0.25, 0.3) is 11.1 Å². The summed E-state index contributed by atoms with van der Waals surface area (Å²) < 4.78 is 6.83. The molecule has 2 aromatic rings. The molecule has 118 valence electrons. The molecule has 1 aromatic heterocycles. The quantitative estimate of drug-likeness (QED) is 0.832. The minimum atomic E-state index is 0.0199. The molecule has 5 nitrogen and oxygen atoms in total. The van der Waals surface area contributed by atoms with Crippen molar-refractivity contribution >= 4 is 11.4 Å². The van der Waals surface area contributed by atoms with Crippen molar-refractivity contribution in [3.63, 3.8) is 0 Å². The lowest BCUT2D eigenvalue weighted by atomic mass is 10.0. The highest BCUT2D eigenvalue weighted by atomic mass is 16.5. The third-order valence-electron chi connectivity index (χ3n) is 3.73. The van der Waals surface area contributed by atoms with Crippen molar-refractivity contribution in [1.82, 2.24) is 4.57 Å². The second-order valence-electron chi connectivity index (χ2n) is 5.56. The Morgan fingerprint density at radius 3 is 2.68 bits per heavy atom. The smallest absolute Gasteiger partial charge is 0.253 e. The molecule has 2 rings (SSSR count). The number of rotatable bonds is 5. The normalized spacial score (nSPS) is 12.2. The van der Waals surface area contributed by atoms with Gasteiger partial charge in [0.05, 0.1) is 17.5 Å². The second-order valence-corrected chi connectivity index (χ2v) is 5.56. The number of hydrogen-bond acceptors (Lipinski definition) is 4. The number of nitrogen functional groups attached to an aromatic ring is 1. The monoisotopic (exact) mass is 301 g/mol. The number of aromatic nitrogens is 1. The molecule has 0 bridgehead atoms. The maximum absolute atomic E-state index is 11.8. The maximum Gasteiger partial charge on any atom is 0.253 e. The Kier molecular flexibility index (Phi) is 4.88. The minimum absolute atomic E-state index is 0.0199. The van der Waals surface area contributed by atoms with Crippen molar-refractivity contribution in [3.05, 3.63) is 46.4 Å². The molecule has 1 heterocycles. The van der Waals surface area contributed by atoms with Crippen LogP contribution in [-0.4, -0.2) is 24.3 Å². The highest BCUT2D eigenvalue weighted by molar-refractivity contribution is 5.76. The molecule has 1 unspecified atom stereocenters. The van der Waals surface area contributed by atoms with Crippen molar-refractivity contribution in [2.75, 3.05) is 24.7 Å². The van der Waals surface area contributed by atoms with E-state index >= 15 is 0 Å². The van der Waals surface area contributed by atoms with Crippen LogP contribution in [0.3, 0.4) is 0 Å². The summed E-state index contributed by atoms with van der Waals surface area (Å²) in [6.45, 7) is 4.49. The molecule has 0 aliphatic rings. The van der Waals surface area contributed by atoms with Gasteiger partial charge in [0, 0.05) is 32.5 Å². The zero-order valence-corrected chi connectivity index (χ0v) is 13.5. The molecule has 22 heavy (non-hydrogen) atoms. The summed E-state index contributed by atoms with van der Waals surface area (Å²) >= 11 is 0. The Labute approximate surface area is 130 Å². The molecule has 0 fully saturated rings. The highest BCUT2D eigenvalue weighted by Gasteiger charge is 2.07. The predicted octanol–water partition coefficient (Wildman–Crippen LogP) is 2.39. The molecule has 0 amide bonds. The van der Waals surface area contributed by atoms with Gasteiger partial charge in [0.25, 0.3) is 5.56 Å². The van der Waals surface area contributed by atoms with Gasteiger partial charge in [-0.25, -0.2) is 0 Å². The first kappa shape index (κ1) is 16.1. The van der Waals surface area contributed by atoms with E-state index in [-0.39, 0.29) is 11.7 Å². The van der Waals surface area contributed by atoms with E-state index in [1.165, 1.54) is 0 Å². The number of hydrogen-bond donors (Lipinski definition) is 2. The first-order chi connectivity index (χ1) is 10.4. The number of aryl methyl sites for hydroxylation is 2. The van der Waals surface area contributed by atoms with Gasteiger partial charge in [-0.2, -0.15) is 0 Å². The summed E-state index contributed by atoms with van der Waals surface area (Å²) in [5.41, 5.74) is 10.3. The highest BCUT2D eigenvalue weighted by Crippen LogP contribution is 2.27. The first-order valence-corrected chi connectivity index (χ1v) is 7.26. The van der Waals surface area contributed by atoms with Crippen LogP contribution in [0.4, 0.5) is 11.4 Å². The maximum atomic E-state index is 11.8. The van der Waals surface area contributed by atoms with Gasteiger partial charge >= 0.3 is 0 Å². The van der Waals surface area contributed by atoms with Crippen molar-refractivity contribution < 1.29 is 4.74 Å². The minimum Gasteiger partial charge on any atom is -0.397 e. The summed E-state index contributed by atoms with van der Waals surface area (Å²) in [6.07, 6.45) is 1.94. The van der Waals surface area contributed by atoms with Crippen LogP contribution < -0.4 is 16.6 Å². The fourth-order valence-electron chi connectivity index (χ4n) is 2.26. The molecule has 0 spiro atoms. The number of nitrogens with two attached hydrogens (primary N) is 1. The van der Waals surface area contributed by atoms with Gasteiger partial charge in [0.2, 0.25) is 0 Å². The van der Waals surface area contributed by atoms with Gasteiger partial charge in [0.15, 0.2) is 0 Å². The summed E-state index contributed by atoms with van der Waals surface area (Å²) in [4.78, 5) is 11.8. The summed E-state index contributed by atoms with van der Waals surface area (Å²) in [7, 11) is 3.44. The Morgan fingerprint density at radius 2 is 2.05 bits per heavy atom. The summed E-state index contributed by atoms with van der Waals surface area (Å²) in [6, 6.07) is 7.72. The van der Waals surface area contributed by atoms with E-state index in [1.54, 1.807) is 18.7 Å². The van der Waals surface area contributed by atoms with Crippen molar-refractivity contribution in [3.8, 4) is 11.1 Å². The van der Waals surface area contributed by atoms with Crippen LogP contribution in [-0.2, 0) is 11.8 Å². The molecule has 3 N–H and O–H groups in total. The number of pyridine rings is 1. The van der Waals surface area contributed by atoms with Crippen LogP contribution in [0.1, 0.15) is 12.5 Å². The van der Waals surface area contributed by atoms with Crippen molar-refractivity contribution in [2.24, 2.45) is 7.05 Å². The zero-order chi connectivity index (χ0) is 16.3. The van der Waals surface area contributed by atoms with Gasteiger partial charge in [-0.15, -0.1) is 0 Å². The third-order valence-corrected chi connectivity index (χ3v) is 3.73. The number of benzene rings is 1. The Balaban J connectivity index is 2.35. The SMILES string of the molecule is COC(C)CNc1cc(-c2cc(C)c(=O)n(C)c2)ccc1N. The standard InChI is InChI=1S/C17H23N3O2/c1-11-7-14(10-20(3)17(11)21)13-5-6-15(18)16(8-13)19-9-12(2)22-4/h5-8,10,12,19H,9,18H2,1-4H3. The number of methoxy groups -OCH3 is 1. The number of anilines is 2. The molecule has 0 saturated carbocycles. The molecular weight excluding hydrogens is 278 g/mol. The molecule has 0 saturated heterocycles. The molecular formula is C17H23N3O2. The van der Waals surface area contributed by atoms with Gasteiger partial charge < -0.3 is 20.4 Å². The van der Waals surface area contributed by atoms with Crippen LogP contribution in [0.15, 0.2) is 35.3 Å². The number of nitrogens with one attached hydrogen (secondary N) is 1. The van der Waals surface area contributed by atoms with E-state index in [2.05, 4.69) is 5.32 Å². The third kappa shape index (κ3) is 3.49. The fourth-order valence-corrected chi connectivity index (χ4v) is 2.26. The van der Waals surface area contributed by atoms with Gasteiger partial charge in [0.1, 0.15) is 0 Å². The van der Waals surface area contributed by atoms with Crippen molar-refractivity contribution in [2.45, 2.75) is 20.0 Å². The Hall–Kier alpha value is -2.27. The van der Waals surface area contributed by atoms with Crippen LogP contribution in [0, 0.1) is 6.92 Å². The lowest BCUT2D eigenvalue weighted by Crippen LogP contribution is -2.19. The van der Waals surface area contributed by atoms with E-state index in [9.17, 15) is 4.79 Å². The first-order valence-electron chi connectivity index (χ1n) is 7.26. The van der Waals surface area contributed by atoms with E-state index in [1.807, 2.05) is 44.3 Å². The van der Waals surface area contributed by atoms with E-state index < -0.39 is 0 Å². The predicted molar refractivity (Wildman–Crippen MR) is 91.2 cm³/mol. The molecule has 0 aliphatic heterocycles. The Morgan fingerprint density at radius 1 is 1.32 bits per heavy atom. The average molecular weight is 301 g/mol. The van der Waals surface area contributed by atoms with E-state index in [0.717, 1.165) is 22.4 Å². The fraction of sp³-hybridized carbons (Fsp3) is 0.353. The molecule has 1 atom stereocenters. The lowest BCUT2D eigenvalue weighted by Gasteiger charge is -2.15. The summed E-state index contributed by atoms with van der Waals surface area (Å²) in [5, 5.41) is 3.30. The van der Waals surface area contributed by atoms with Crippen molar-refractivity contribution in [1.29, 1.82) is 0 Å². The molecule has 0 aliphatic carbocycles. The largest absolute Gasteiger partial charge is 0.397 e. The second kappa shape index (κ2) is 6.66. The van der Waals surface area contributed by atoms with E-state index in [4.69, 9.17) is 10.5 Å². The van der Waals surface area contributed by atoms with Gasteiger partial charge in [-0.1, -0.05) is 6.07 Å². The lowest BCUT2D eigenvalue weighted by molar-refractivity contribution is 0.129. The van der Waals surface area contributed by atoms with Gasteiger partial charge in [-0.3, -0.25) is 4.79 Å². The van der Waals surface area contributed by atoms with Crippen LogP contribution in [0.2, 0.25) is 0 Å². The Bertz CT molecular complexity index is 696. The van der Waals surface area contributed by atoms with Crippen LogP contribution in [0.5, 0.6) is 0 Å². The number of ether oxygens (including phenoxy) is 1. The van der Waals surface area contributed by atoms with Gasteiger partial charge in [-0.05, 0) is 43.2 Å². The molecule has 5 heteroatoms. The molecule has 1 aromatic carbocycles. The zero-order valence-electron chi connectivity index (χ0n) is 13.5. The average Bonchev–Trinajstić information content (AvgIpc) is 2.50. The number of nitrogens with zero attached hydrogens (tertiary/aromatic N) is 1.